The van der Waals surface area contributed by atoms with Crippen molar-refractivity contribution in [2.75, 3.05) is 13.1 Å². The third-order valence-electron chi connectivity index (χ3n) is 2.92. The second-order valence-corrected chi connectivity index (χ2v) is 5.22. The highest BCUT2D eigenvalue weighted by atomic mass is 19.3. The van der Waals surface area contributed by atoms with Crippen molar-refractivity contribution in [3.63, 3.8) is 0 Å². The maximum Gasteiger partial charge on any atom is 0.249 e. The van der Waals surface area contributed by atoms with Crippen LogP contribution in [0.3, 0.4) is 0 Å². The molecule has 0 aliphatic carbocycles. The maximum absolute atomic E-state index is 13.2. The van der Waals surface area contributed by atoms with Crippen molar-refractivity contribution < 1.29 is 8.78 Å². The van der Waals surface area contributed by atoms with E-state index in [4.69, 9.17) is 0 Å². The van der Waals surface area contributed by atoms with Gasteiger partial charge in [0.2, 0.25) is 5.92 Å². The number of halogens is 2. The normalized spacial score (nSPS) is 25.5. The van der Waals surface area contributed by atoms with Crippen molar-refractivity contribution in [2.24, 2.45) is 0 Å². The van der Waals surface area contributed by atoms with Crippen molar-refractivity contribution in [2.45, 2.75) is 57.9 Å². The summed E-state index contributed by atoms with van der Waals surface area (Å²) in [5.74, 6) is -2.44. The molecule has 0 N–H and O–H groups in total. The average Bonchev–Trinajstić information content (AvgIpc) is 1.96. The molecule has 3 heteroatoms. The third-order valence-corrected chi connectivity index (χ3v) is 2.92. The van der Waals surface area contributed by atoms with Crippen molar-refractivity contribution in [1.29, 1.82) is 0 Å². The number of nitrogens with zero attached hydrogens (tertiary/aromatic N) is 1. The van der Waals surface area contributed by atoms with Gasteiger partial charge in [-0.3, -0.25) is 4.90 Å². The molecule has 0 atom stereocenters. The number of alkyl halides is 2. The second kappa shape index (κ2) is 4.13. The third kappa shape index (κ3) is 3.52. The van der Waals surface area contributed by atoms with Gasteiger partial charge in [0.05, 0.1) is 0 Å². The number of likely N-dealkylation sites (tertiary alicyclic amines) is 1. The molecule has 1 fully saturated rings. The lowest BCUT2D eigenvalue weighted by molar-refractivity contribution is -0.0423. The van der Waals surface area contributed by atoms with Crippen molar-refractivity contribution in [3.8, 4) is 0 Å². The molecule has 1 rings (SSSR count). The van der Waals surface area contributed by atoms with Crippen LogP contribution in [-0.4, -0.2) is 29.5 Å². The van der Waals surface area contributed by atoms with Gasteiger partial charge < -0.3 is 0 Å². The largest absolute Gasteiger partial charge is 0.298 e. The highest BCUT2D eigenvalue weighted by molar-refractivity contribution is 4.81. The Labute approximate surface area is 85.5 Å². The molecule has 0 saturated carbocycles. The minimum Gasteiger partial charge on any atom is -0.298 e. The van der Waals surface area contributed by atoms with Crippen LogP contribution in [-0.2, 0) is 0 Å². The fraction of sp³-hybridized carbons (Fsp3) is 1.00. The van der Waals surface area contributed by atoms with E-state index in [-0.39, 0.29) is 18.4 Å². The lowest BCUT2D eigenvalue weighted by Crippen LogP contribution is -2.45. The summed E-state index contributed by atoms with van der Waals surface area (Å²) in [4.78, 5) is 2.17. The second-order valence-electron chi connectivity index (χ2n) is 5.22. The quantitative estimate of drug-likeness (QED) is 0.586. The van der Waals surface area contributed by atoms with E-state index in [2.05, 4.69) is 25.7 Å². The molecule has 1 saturated heterocycles. The van der Waals surface area contributed by atoms with Crippen LogP contribution in [0.5, 0.6) is 0 Å². The van der Waals surface area contributed by atoms with Crippen LogP contribution in [0, 0.1) is 0 Å². The Hall–Kier alpha value is -0.180. The number of hydrogen-bond acceptors (Lipinski definition) is 1. The van der Waals surface area contributed by atoms with Crippen LogP contribution in [0.25, 0.3) is 0 Å². The molecule has 84 valence electrons. The van der Waals surface area contributed by atoms with E-state index in [1.807, 2.05) is 0 Å². The topological polar surface area (TPSA) is 3.24 Å². The molecule has 0 aromatic carbocycles. The molecule has 0 radical (unpaired) electrons. The SMILES string of the molecule is CC(C)(C)N1CCCCC(F)(F)CC1. The first kappa shape index (κ1) is 11.9. The predicted octanol–water partition coefficient (Wildman–Crippen LogP) is 3.30. The van der Waals surface area contributed by atoms with Gasteiger partial charge in [-0.05, 0) is 40.2 Å². The molecule has 1 nitrogen and oxygen atoms in total. The van der Waals surface area contributed by atoms with Crippen LogP contribution >= 0.6 is 0 Å². The van der Waals surface area contributed by atoms with E-state index in [9.17, 15) is 8.78 Å². The fourth-order valence-corrected chi connectivity index (χ4v) is 1.89. The fourth-order valence-electron chi connectivity index (χ4n) is 1.89. The van der Waals surface area contributed by atoms with E-state index in [1.165, 1.54) is 0 Å². The van der Waals surface area contributed by atoms with Crippen molar-refractivity contribution in [1.82, 2.24) is 4.90 Å². The lowest BCUT2D eigenvalue weighted by atomic mass is 9.99. The van der Waals surface area contributed by atoms with Crippen LogP contribution in [0.1, 0.15) is 46.5 Å². The van der Waals surface area contributed by atoms with Gasteiger partial charge in [-0.2, -0.15) is 0 Å². The Morgan fingerprint density at radius 1 is 1.00 bits per heavy atom. The molecule has 14 heavy (non-hydrogen) atoms. The summed E-state index contributed by atoms with van der Waals surface area (Å²) < 4.78 is 26.4. The monoisotopic (exact) mass is 205 g/mol. The number of hydrogen-bond donors (Lipinski definition) is 0. The Kier molecular flexibility index (Phi) is 3.51. The van der Waals surface area contributed by atoms with Gasteiger partial charge in [0, 0.05) is 24.9 Å². The van der Waals surface area contributed by atoms with Crippen LogP contribution in [0.15, 0.2) is 0 Å². The molecule has 0 spiro atoms. The zero-order valence-corrected chi connectivity index (χ0v) is 9.45. The first-order valence-electron chi connectivity index (χ1n) is 5.44. The summed E-state index contributed by atoms with van der Waals surface area (Å²) in [5, 5.41) is 0. The minimum absolute atomic E-state index is 0.0181. The van der Waals surface area contributed by atoms with Crippen LogP contribution in [0.2, 0.25) is 0 Å². The van der Waals surface area contributed by atoms with E-state index in [0.29, 0.717) is 13.0 Å². The van der Waals surface area contributed by atoms with Gasteiger partial charge in [-0.1, -0.05) is 0 Å². The predicted molar refractivity (Wildman–Crippen MR) is 54.7 cm³/mol. The molecule has 1 heterocycles. The van der Waals surface area contributed by atoms with Gasteiger partial charge >= 0.3 is 0 Å². The molecule has 1 aliphatic heterocycles. The van der Waals surface area contributed by atoms with E-state index < -0.39 is 5.92 Å². The van der Waals surface area contributed by atoms with Gasteiger partial charge in [0.1, 0.15) is 0 Å². The molecular weight excluding hydrogens is 184 g/mol. The van der Waals surface area contributed by atoms with Crippen molar-refractivity contribution in [3.05, 3.63) is 0 Å². The minimum atomic E-state index is -2.44. The van der Waals surface area contributed by atoms with Gasteiger partial charge in [0.15, 0.2) is 0 Å². The molecule has 0 unspecified atom stereocenters. The standard InChI is InChI=1S/C11H21F2N/c1-10(2,3)14-8-5-4-6-11(12,13)7-9-14/h4-9H2,1-3H3. The first-order valence-corrected chi connectivity index (χ1v) is 5.44. The van der Waals surface area contributed by atoms with Crippen LogP contribution in [0.4, 0.5) is 8.78 Å². The zero-order chi connectivity index (χ0) is 10.8. The summed E-state index contributed by atoms with van der Waals surface area (Å²) in [5.41, 5.74) is 0.0213. The smallest absolute Gasteiger partial charge is 0.249 e. The highest BCUT2D eigenvalue weighted by Crippen LogP contribution is 2.29. The van der Waals surface area contributed by atoms with Crippen molar-refractivity contribution >= 4 is 0 Å². The molecule has 0 bridgehead atoms. The highest BCUT2D eigenvalue weighted by Gasteiger charge is 2.32. The molecule has 0 aromatic heterocycles. The summed E-state index contributed by atoms with van der Waals surface area (Å²) in [6, 6.07) is 0. The molecule has 0 amide bonds. The van der Waals surface area contributed by atoms with Crippen LogP contribution < -0.4 is 0 Å². The Morgan fingerprint density at radius 3 is 2.21 bits per heavy atom. The summed E-state index contributed by atoms with van der Waals surface area (Å²) in [6.45, 7) is 7.75. The molecule has 1 aliphatic rings. The Balaban J connectivity index is 2.56. The van der Waals surface area contributed by atoms with E-state index in [1.54, 1.807) is 0 Å². The van der Waals surface area contributed by atoms with E-state index >= 15 is 0 Å². The number of rotatable bonds is 0. The summed E-state index contributed by atoms with van der Waals surface area (Å²) in [6.07, 6.45) is 1.64. The van der Waals surface area contributed by atoms with Gasteiger partial charge in [-0.25, -0.2) is 8.78 Å². The summed E-state index contributed by atoms with van der Waals surface area (Å²) in [7, 11) is 0. The Bertz CT molecular complexity index is 181. The first-order chi connectivity index (χ1) is 6.31. The van der Waals surface area contributed by atoms with E-state index in [0.717, 1.165) is 13.0 Å². The molecule has 0 aromatic rings. The Morgan fingerprint density at radius 2 is 1.64 bits per heavy atom. The average molecular weight is 205 g/mol. The lowest BCUT2D eigenvalue weighted by Gasteiger charge is -2.38. The van der Waals surface area contributed by atoms with Gasteiger partial charge in [-0.15, -0.1) is 0 Å². The molecular formula is C11H21F2N. The summed E-state index contributed by atoms with van der Waals surface area (Å²) >= 11 is 0. The zero-order valence-electron chi connectivity index (χ0n) is 9.45. The van der Waals surface area contributed by atoms with Gasteiger partial charge in [0.25, 0.3) is 0 Å². The maximum atomic E-state index is 13.2.